The van der Waals surface area contributed by atoms with Crippen LogP contribution in [0.25, 0.3) is 0 Å². The van der Waals surface area contributed by atoms with Gasteiger partial charge in [0.25, 0.3) is 5.91 Å². The number of pyridine rings is 1. The van der Waals surface area contributed by atoms with Gasteiger partial charge < -0.3 is 19.8 Å². The molecule has 6 heteroatoms. The molecule has 0 unspecified atom stereocenters. The van der Waals surface area contributed by atoms with Crippen LogP contribution in [0.1, 0.15) is 16.1 Å². The molecule has 6 nitrogen and oxygen atoms in total. The molecule has 0 aliphatic carbocycles. The van der Waals surface area contributed by atoms with Crippen LogP contribution in [-0.4, -0.2) is 18.0 Å². The first-order chi connectivity index (χ1) is 12.7. The number of amides is 1. The van der Waals surface area contributed by atoms with E-state index in [0.29, 0.717) is 11.4 Å². The van der Waals surface area contributed by atoms with Gasteiger partial charge in [0.15, 0.2) is 5.75 Å². The second-order valence-electron chi connectivity index (χ2n) is 5.50. The summed E-state index contributed by atoms with van der Waals surface area (Å²) in [5.74, 6) is 0.245. The molecular formula is C20H18N2O4. The molecular weight excluding hydrogens is 332 g/mol. The van der Waals surface area contributed by atoms with E-state index >= 15 is 0 Å². The van der Waals surface area contributed by atoms with E-state index in [1.54, 1.807) is 24.3 Å². The molecule has 0 saturated heterocycles. The second-order valence-corrected chi connectivity index (χ2v) is 5.50. The molecule has 0 radical (unpaired) electrons. The lowest BCUT2D eigenvalue weighted by Crippen LogP contribution is -2.18. The minimum absolute atomic E-state index is 0.132. The number of anilines is 1. The van der Waals surface area contributed by atoms with E-state index in [2.05, 4.69) is 10.3 Å². The maximum Gasteiger partial charge on any atom is 0.272 e. The Morgan fingerprint density at radius 1 is 1.04 bits per heavy atom. The second kappa shape index (κ2) is 8.02. The highest BCUT2D eigenvalue weighted by Crippen LogP contribution is 2.23. The smallest absolute Gasteiger partial charge is 0.272 e. The zero-order chi connectivity index (χ0) is 18.4. The fraction of sp³-hybridized carbons (Fsp3) is 0.100. The predicted octanol–water partition coefficient (Wildman–Crippen LogP) is 3.21. The standard InChI is InChI=1S/C20H18N2O4/c1-25-18-10-6-5-9-15(18)22-20(24)16-11-17(23)19(12-21-16)26-13-14-7-3-2-4-8-14/h2-12H,13H2,1H3,(H,21,23)(H,22,24). The van der Waals surface area contributed by atoms with E-state index in [-0.39, 0.29) is 23.5 Å². The van der Waals surface area contributed by atoms with Crippen LogP contribution in [0.4, 0.5) is 5.69 Å². The number of hydrogen-bond acceptors (Lipinski definition) is 4. The van der Waals surface area contributed by atoms with Gasteiger partial charge in [0.2, 0.25) is 5.43 Å². The van der Waals surface area contributed by atoms with Crippen molar-refractivity contribution in [2.75, 3.05) is 12.4 Å². The largest absolute Gasteiger partial charge is 0.495 e. The summed E-state index contributed by atoms with van der Waals surface area (Å²) in [6.07, 6.45) is 1.39. The summed E-state index contributed by atoms with van der Waals surface area (Å²) in [6, 6.07) is 17.8. The monoisotopic (exact) mass is 350 g/mol. The molecule has 0 saturated carbocycles. The first-order valence-corrected chi connectivity index (χ1v) is 8.01. The molecule has 26 heavy (non-hydrogen) atoms. The molecule has 0 aliphatic heterocycles. The van der Waals surface area contributed by atoms with Crippen molar-refractivity contribution >= 4 is 11.6 Å². The van der Waals surface area contributed by atoms with Gasteiger partial charge in [-0.25, -0.2) is 0 Å². The van der Waals surface area contributed by atoms with E-state index < -0.39 is 5.91 Å². The van der Waals surface area contributed by atoms with Crippen molar-refractivity contribution in [3.8, 4) is 11.5 Å². The number of aromatic nitrogens is 1. The van der Waals surface area contributed by atoms with Crippen LogP contribution >= 0.6 is 0 Å². The van der Waals surface area contributed by atoms with Crippen molar-refractivity contribution in [2.24, 2.45) is 0 Å². The van der Waals surface area contributed by atoms with Crippen molar-refractivity contribution < 1.29 is 14.3 Å². The quantitative estimate of drug-likeness (QED) is 0.715. The van der Waals surface area contributed by atoms with Gasteiger partial charge in [0.05, 0.1) is 12.8 Å². The molecule has 0 bridgehead atoms. The number of carbonyl (C=O) groups excluding carboxylic acids is 1. The summed E-state index contributed by atoms with van der Waals surface area (Å²) < 4.78 is 10.7. The Labute approximate surface area is 150 Å². The number of nitrogens with one attached hydrogen (secondary N) is 2. The Hall–Kier alpha value is -3.54. The maximum atomic E-state index is 12.3. The lowest BCUT2D eigenvalue weighted by molar-refractivity contribution is 0.102. The molecule has 0 atom stereocenters. The van der Waals surface area contributed by atoms with Crippen LogP contribution in [-0.2, 0) is 6.61 Å². The highest BCUT2D eigenvalue weighted by molar-refractivity contribution is 6.03. The number of carbonyl (C=O) groups is 1. The van der Waals surface area contributed by atoms with Gasteiger partial charge in [0.1, 0.15) is 18.1 Å². The number of hydrogen-bond donors (Lipinski definition) is 2. The fourth-order valence-corrected chi connectivity index (χ4v) is 2.38. The van der Waals surface area contributed by atoms with Crippen LogP contribution in [0.3, 0.4) is 0 Å². The van der Waals surface area contributed by atoms with E-state index in [9.17, 15) is 9.59 Å². The Morgan fingerprint density at radius 3 is 2.50 bits per heavy atom. The Kier molecular flexibility index (Phi) is 5.34. The summed E-state index contributed by atoms with van der Waals surface area (Å²) in [4.78, 5) is 27.3. The summed E-state index contributed by atoms with van der Waals surface area (Å²) in [5, 5.41) is 2.71. The fourth-order valence-electron chi connectivity index (χ4n) is 2.38. The number of methoxy groups -OCH3 is 1. The minimum atomic E-state index is -0.443. The number of para-hydroxylation sites is 2. The molecule has 1 amide bonds. The van der Waals surface area contributed by atoms with E-state index in [1.807, 2.05) is 30.3 Å². The molecule has 3 aromatic rings. The van der Waals surface area contributed by atoms with Crippen molar-refractivity contribution in [2.45, 2.75) is 6.61 Å². The maximum absolute atomic E-state index is 12.3. The first kappa shape index (κ1) is 17.3. The Morgan fingerprint density at radius 2 is 1.77 bits per heavy atom. The zero-order valence-electron chi connectivity index (χ0n) is 14.2. The van der Waals surface area contributed by atoms with E-state index in [1.165, 1.54) is 19.4 Å². The molecule has 3 rings (SSSR count). The summed E-state index contributed by atoms with van der Waals surface area (Å²) in [5.41, 5.74) is 1.23. The predicted molar refractivity (Wildman–Crippen MR) is 98.8 cm³/mol. The molecule has 132 valence electrons. The zero-order valence-corrected chi connectivity index (χ0v) is 14.2. The molecule has 2 N–H and O–H groups in total. The van der Waals surface area contributed by atoms with Gasteiger partial charge in [0, 0.05) is 12.3 Å². The van der Waals surface area contributed by atoms with Crippen LogP contribution < -0.4 is 20.2 Å². The molecule has 2 aromatic carbocycles. The topological polar surface area (TPSA) is 80.4 Å². The summed E-state index contributed by atoms with van der Waals surface area (Å²) in [6.45, 7) is 0.274. The number of ether oxygens (including phenoxy) is 2. The van der Waals surface area contributed by atoms with Gasteiger partial charge in [-0.3, -0.25) is 9.59 Å². The van der Waals surface area contributed by atoms with Crippen molar-refractivity contribution in [1.29, 1.82) is 0 Å². The number of rotatable bonds is 6. The lowest BCUT2D eigenvalue weighted by Gasteiger charge is -2.10. The van der Waals surface area contributed by atoms with Crippen molar-refractivity contribution in [1.82, 2.24) is 4.98 Å². The summed E-state index contributed by atoms with van der Waals surface area (Å²) >= 11 is 0. The number of aromatic amines is 1. The molecule has 0 spiro atoms. The van der Waals surface area contributed by atoms with Gasteiger partial charge in [-0.2, -0.15) is 0 Å². The highest BCUT2D eigenvalue weighted by Gasteiger charge is 2.12. The van der Waals surface area contributed by atoms with Crippen LogP contribution in [0, 0.1) is 0 Å². The molecule has 0 aliphatic rings. The summed E-state index contributed by atoms with van der Waals surface area (Å²) in [7, 11) is 1.52. The van der Waals surface area contributed by atoms with Crippen LogP contribution in [0.15, 0.2) is 71.7 Å². The van der Waals surface area contributed by atoms with Gasteiger partial charge in [-0.1, -0.05) is 42.5 Å². The van der Waals surface area contributed by atoms with E-state index in [4.69, 9.17) is 9.47 Å². The third kappa shape index (κ3) is 4.10. The molecule has 0 fully saturated rings. The third-order valence-corrected chi connectivity index (χ3v) is 3.71. The Bertz CT molecular complexity index is 951. The average molecular weight is 350 g/mol. The van der Waals surface area contributed by atoms with Gasteiger partial charge in [-0.05, 0) is 17.7 Å². The van der Waals surface area contributed by atoms with Crippen molar-refractivity contribution in [3.63, 3.8) is 0 Å². The molecule has 1 aromatic heterocycles. The number of benzene rings is 2. The first-order valence-electron chi connectivity index (χ1n) is 8.01. The van der Waals surface area contributed by atoms with Crippen LogP contribution in [0.5, 0.6) is 11.5 Å². The minimum Gasteiger partial charge on any atom is -0.495 e. The van der Waals surface area contributed by atoms with Gasteiger partial charge in [-0.15, -0.1) is 0 Å². The van der Waals surface area contributed by atoms with Crippen molar-refractivity contribution in [3.05, 3.63) is 88.3 Å². The van der Waals surface area contributed by atoms with Gasteiger partial charge >= 0.3 is 0 Å². The Balaban J connectivity index is 1.70. The SMILES string of the molecule is COc1ccccc1NC(=O)c1cc(=O)c(OCc2ccccc2)c[nH]1. The molecule has 1 heterocycles. The average Bonchev–Trinajstić information content (AvgIpc) is 2.68. The van der Waals surface area contributed by atoms with Crippen LogP contribution in [0.2, 0.25) is 0 Å². The normalized spacial score (nSPS) is 10.2. The lowest BCUT2D eigenvalue weighted by atomic mass is 10.2. The highest BCUT2D eigenvalue weighted by atomic mass is 16.5. The van der Waals surface area contributed by atoms with E-state index in [0.717, 1.165) is 5.56 Å². The number of H-pyrrole nitrogens is 1. The third-order valence-electron chi connectivity index (χ3n) is 3.71.